The summed E-state index contributed by atoms with van der Waals surface area (Å²) >= 11 is 0. The van der Waals surface area contributed by atoms with Crippen molar-refractivity contribution >= 4 is 17.8 Å². The number of ether oxygens (including phenoxy) is 2. The second kappa shape index (κ2) is 13.1. The van der Waals surface area contributed by atoms with Gasteiger partial charge in [-0.1, -0.05) is 42.5 Å². The van der Waals surface area contributed by atoms with E-state index >= 15 is 0 Å². The summed E-state index contributed by atoms with van der Waals surface area (Å²) in [4.78, 5) is 36.2. The van der Waals surface area contributed by atoms with Gasteiger partial charge in [-0.15, -0.1) is 0 Å². The van der Waals surface area contributed by atoms with Gasteiger partial charge in [-0.05, 0) is 42.6 Å². The Morgan fingerprint density at radius 1 is 0.969 bits per heavy atom. The number of nitrogens with one attached hydrogen (secondary N) is 2. The average molecular weight is 443 g/mol. The van der Waals surface area contributed by atoms with Crippen LogP contribution in [0.1, 0.15) is 24.0 Å². The highest BCUT2D eigenvalue weighted by Gasteiger charge is 2.27. The van der Waals surface area contributed by atoms with Crippen LogP contribution in [0.5, 0.6) is 5.75 Å². The molecule has 0 radical (unpaired) electrons. The standard InChI is InChI=1S/C24H30N2O6/c1-31-19-12-6-10-17(14-19)11-7-13-25-20(16-22(27)28)23(29)26-21(24(30)32-2)15-18-8-4-3-5-9-18/h3-6,8-10,12,14,20-21,25H,7,11,13,15-16H2,1-2H3,(H,26,29)(H,27,28). The number of carbonyl (C=O) groups excluding carboxylic acids is 2. The zero-order valence-electron chi connectivity index (χ0n) is 18.4. The fourth-order valence-electron chi connectivity index (χ4n) is 3.29. The predicted octanol–water partition coefficient (Wildman–Crippen LogP) is 1.96. The summed E-state index contributed by atoms with van der Waals surface area (Å²) in [6, 6.07) is 15.0. The maximum atomic E-state index is 12.8. The minimum atomic E-state index is -1.11. The molecule has 0 aliphatic carbocycles. The van der Waals surface area contributed by atoms with E-state index in [0.717, 1.165) is 23.3 Å². The molecule has 0 heterocycles. The molecule has 2 aromatic rings. The first-order valence-corrected chi connectivity index (χ1v) is 10.4. The van der Waals surface area contributed by atoms with E-state index in [1.807, 2.05) is 54.6 Å². The second-order valence-electron chi connectivity index (χ2n) is 7.33. The number of aryl methyl sites for hydroxylation is 1. The van der Waals surface area contributed by atoms with E-state index in [2.05, 4.69) is 10.6 Å². The first kappa shape index (κ1) is 24.9. The van der Waals surface area contributed by atoms with E-state index in [0.29, 0.717) is 13.0 Å². The molecular weight excluding hydrogens is 412 g/mol. The molecule has 8 heteroatoms. The number of carbonyl (C=O) groups is 3. The minimum Gasteiger partial charge on any atom is -0.497 e. The van der Waals surface area contributed by atoms with Gasteiger partial charge >= 0.3 is 11.9 Å². The molecule has 32 heavy (non-hydrogen) atoms. The number of rotatable bonds is 13. The maximum Gasteiger partial charge on any atom is 0.328 e. The molecule has 0 bridgehead atoms. The molecule has 0 spiro atoms. The molecule has 0 saturated heterocycles. The summed E-state index contributed by atoms with van der Waals surface area (Å²) in [7, 11) is 2.85. The van der Waals surface area contributed by atoms with Crippen molar-refractivity contribution in [1.82, 2.24) is 10.6 Å². The smallest absolute Gasteiger partial charge is 0.328 e. The highest BCUT2D eigenvalue weighted by molar-refractivity contribution is 5.90. The van der Waals surface area contributed by atoms with Crippen molar-refractivity contribution in [1.29, 1.82) is 0 Å². The van der Waals surface area contributed by atoms with Crippen LogP contribution in [0.15, 0.2) is 54.6 Å². The largest absolute Gasteiger partial charge is 0.497 e. The Labute approximate surface area is 187 Å². The van der Waals surface area contributed by atoms with E-state index < -0.39 is 36.4 Å². The van der Waals surface area contributed by atoms with Crippen LogP contribution in [0.3, 0.4) is 0 Å². The van der Waals surface area contributed by atoms with Gasteiger partial charge < -0.3 is 25.2 Å². The second-order valence-corrected chi connectivity index (χ2v) is 7.33. The van der Waals surface area contributed by atoms with Gasteiger partial charge in [-0.3, -0.25) is 9.59 Å². The van der Waals surface area contributed by atoms with Crippen LogP contribution in [0.25, 0.3) is 0 Å². The van der Waals surface area contributed by atoms with Gasteiger partial charge in [0.2, 0.25) is 5.91 Å². The Kier molecular flexibility index (Phi) is 10.2. The molecule has 2 rings (SSSR count). The quantitative estimate of drug-likeness (QED) is 0.321. The lowest BCUT2D eigenvalue weighted by Gasteiger charge is -2.21. The minimum absolute atomic E-state index is 0.245. The Hall–Kier alpha value is -3.39. The van der Waals surface area contributed by atoms with Crippen LogP contribution < -0.4 is 15.4 Å². The monoisotopic (exact) mass is 442 g/mol. The molecule has 2 atom stereocenters. The number of hydrogen-bond acceptors (Lipinski definition) is 6. The van der Waals surface area contributed by atoms with Crippen LogP contribution in [0.2, 0.25) is 0 Å². The van der Waals surface area contributed by atoms with Crippen LogP contribution >= 0.6 is 0 Å². The Morgan fingerprint density at radius 2 is 1.69 bits per heavy atom. The van der Waals surface area contributed by atoms with Crippen LogP contribution in [-0.4, -0.2) is 55.8 Å². The van der Waals surface area contributed by atoms with Crippen molar-refractivity contribution in [2.75, 3.05) is 20.8 Å². The number of aliphatic carboxylic acids is 1. The fraction of sp³-hybridized carbons (Fsp3) is 0.375. The number of benzene rings is 2. The fourth-order valence-corrected chi connectivity index (χ4v) is 3.29. The van der Waals surface area contributed by atoms with E-state index in [1.54, 1.807) is 7.11 Å². The molecule has 0 aliphatic heterocycles. The normalized spacial score (nSPS) is 12.4. The summed E-state index contributed by atoms with van der Waals surface area (Å²) in [6.45, 7) is 0.435. The van der Waals surface area contributed by atoms with Gasteiger partial charge in [-0.2, -0.15) is 0 Å². The molecule has 172 valence electrons. The van der Waals surface area contributed by atoms with E-state index in [9.17, 15) is 19.5 Å². The molecule has 0 fully saturated rings. The first-order chi connectivity index (χ1) is 15.4. The molecule has 0 aromatic heterocycles. The van der Waals surface area contributed by atoms with Crippen molar-refractivity contribution < 1.29 is 29.0 Å². The van der Waals surface area contributed by atoms with Crippen LogP contribution in [0, 0.1) is 0 Å². The number of carboxylic acid groups (broad SMARTS) is 1. The number of esters is 1. The molecule has 0 aliphatic rings. The van der Waals surface area contributed by atoms with Crippen molar-refractivity contribution in [2.45, 2.75) is 37.8 Å². The lowest BCUT2D eigenvalue weighted by molar-refractivity contribution is -0.145. The zero-order chi connectivity index (χ0) is 23.3. The summed E-state index contributed by atoms with van der Waals surface area (Å²) in [6.07, 6.45) is 1.28. The number of carboxylic acids is 1. The zero-order valence-corrected chi connectivity index (χ0v) is 18.4. The summed E-state index contributed by atoms with van der Waals surface area (Å²) in [5.41, 5.74) is 1.93. The van der Waals surface area contributed by atoms with Gasteiger partial charge in [0.1, 0.15) is 11.8 Å². The molecule has 1 amide bonds. The van der Waals surface area contributed by atoms with Gasteiger partial charge in [0.05, 0.1) is 26.7 Å². The molecule has 8 nitrogen and oxygen atoms in total. The molecule has 2 unspecified atom stereocenters. The van der Waals surface area contributed by atoms with Gasteiger partial charge in [0.25, 0.3) is 0 Å². The number of methoxy groups -OCH3 is 2. The molecule has 3 N–H and O–H groups in total. The SMILES string of the molecule is COC(=O)C(Cc1ccccc1)NC(=O)C(CC(=O)O)NCCCc1cccc(OC)c1. The predicted molar refractivity (Wildman–Crippen MR) is 119 cm³/mol. The molecule has 0 saturated carbocycles. The van der Waals surface area contributed by atoms with Crippen molar-refractivity contribution in [3.63, 3.8) is 0 Å². The summed E-state index contributed by atoms with van der Waals surface area (Å²) in [5.74, 6) is -1.48. The van der Waals surface area contributed by atoms with Crippen molar-refractivity contribution in [3.8, 4) is 5.75 Å². The Balaban J connectivity index is 1.95. The summed E-state index contributed by atoms with van der Waals surface area (Å²) in [5, 5.41) is 14.9. The van der Waals surface area contributed by atoms with E-state index in [4.69, 9.17) is 9.47 Å². The highest BCUT2D eigenvalue weighted by Crippen LogP contribution is 2.13. The Morgan fingerprint density at radius 3 is 2.34 bits per heavy atom. The third-order valence-corrected chi connectivity index (χ3v) is 4.95. The number of amides is 1. The third-order valence-electron chi connectivity index (χ3n) is 4.95. The van der Waals surface area contributed by atoms with E-state index in [1.165, 1.54) is 7.11 Å². The highest BCUT2D eigenvalue weighted by atomic mass is 16.5. The average Bonchev–Trinajstić information content (AvgIpc) is 2.80. The molecular formula is C24H30N2O6. The van der Waals surface area contributed by atoms with Gasteiger partial charge in [0.15, 0.2) is 0 Å². The third kappa shape index (κ3) is 8.39. The maximum absolute atomic E-state index is 12.8. The topological polar surface area (TPSA) is 114 Å². The van der Waals surface area contributed by atoms with E-state index in [-0.39, 0.29) is 6.42 Å². The van der Waals surface area contributed by atoms with Gasteiger partial charge in [0, 0.05) is 6.42 Å². The van der Waals surface area contributed by atoms with Crippen molar-refractivity contribution in [3.05, 3.63) is 65.7 Å². The lowest BCUT2D eigenvalue weighted by atomic mass is 10.0. The Bertz CT molecular complexity index is 887. The first-order valence-electron chi connectivity index (χ1n) is 10.4. The van der Waals surface area contributed by atoms with Crippen molar-refractivity contribution in [2.24, 2.45) is 0 Å². The molecule has 2 aromatic carbocycles. The lowest BCUT2D eigenvalue weighted by Crippen LogP contribution is -2.52. The van der Waals surface area contributed by atoms with Gasteiger partial charge in [-0.25, -0.2) is 4.79 Å². The van der Waals surface area contributed by atoms with Crippen LogP contribution in [-0.2, 0) is 32.0 Å². The number of hydrogen-bond donors (Lipinski definition) is 3. The van der Waals surface area contributed by atoms with Crippen LogP contribution in [0.4, 0.5) is 0 Å². The summed E-state index contributed by atoms with van der Waals surface area (Å²) < 4.78 is 10.0.